The van der Waals surface area contributed by atoms with Crippen molar-refractivity contribution in [3.05, 3.63) is 47.0 Å². The Labute approximate surface area is 193 Å². The molecule has 4 N–H and O–H groups in total. The molecule has 0 radical (unpaired) electrons. The highest BCUT2D eigenvalue weighted by Gasteiger charge is 2.26. The van der Waals surface area contributed by atoms with Crippen molar-refractivity contribution in [3.63, 3.8) is 0 Å². The number of aliphatic carboxylic acids is 1. The smallest absolute Gasteiger partial charge is 0.305 e. The summed E-state index contributed by atoms with van der Waals surface area (Å²) in [7, 11) is 0. The van der Waals surface area contributed by atoms with E-state index in [4.69, 9.17) is 5.11 Å². The number of carbonyl (C=O) groups is 2. The lowest BCUT2D eigenvalue weighted by Gasteiger charge is -2.16. The molecule has 8 nitrogen and oxygen atoms in total. The van der Waals surface area contributed by atoms with Gasteiger partial charge in [0.25, 0.3) is 5.91 Å². The van der Waals surface area contributed by atoms with Crippen LogP contribution in [0.1, 0.15) is 80.5 Å². The number of nitrogens with zero attached hydrogens (tertiary/aromatic N) is 2. The quantitative estimate of drug-likeness (QED) is 0.338. The van der Waals surface area contributed by atoms with Crippen molar-refractivity contribution in [3.8, 4) is 5.69 Å². The number of carbonyl (C=O) groups excluding carboxylic acids is 1. The van der Waals surface area contributed by atoms with Crippen LogP contribution in [0.2, 0.25) is 0 Å². The number of halogens is 1. The summed E-state index contributed by atoms with van der Waals surface area (Å²) in [5.41, 5.74) is 2.33. The minimum Gasteiger partial charge on any atom is -0.481 e. The highest BCUT2D eigenvalue weighted by molar-refractivity contribution is 5.94. The maximum absolute atomic E-state index is 13.5. The Morgan fingerprint density at radius 1 is 1.15 bits per heavy atom. The Morgan fingerprint density at radius 2 is 1.82 bits per heavy atom. The molecule has 2 aromatic rings. The lowest BCUT2D eigenvalue weighted by Crippen LogP contribution is -2.26. The Morgan fingerprint density at radius 3 is 2.39 bits per heavy atom. The summed E-state index contributed by atoms with van der Waals surface area (Å²) in [5, 5.41) is 36.4. The molecule has 2 rings (SSSR count). The number of hydrogen-bond acceptors (Lipinski definition) is 5. The standard InChI is InChI=1S/C24H34FN3O5/c1-4-5-12-26-24(33)23-22(15(2)3)20(11-10-18(29)13-19(30)14-21(31)32)28(27-23)17-8-6-16(25)7-9-17/h6-9,15,18-19,29-30H,4-5,10-14H2,1-3H3,(H,26,33)(H,31,32)/t18-,19-/m1/s1. The molecule has 1 aromatic carbocycles. The summed E-state index contributed by atoms with van der Waals surface area (Å²) in [5.74, 6) is -1.86. The van der Waals surface area contributed by atoms with Gasteiger partial charge in [-0.3, -0.25) is 9.59 Å². The first-order valence-corrected chi connectivity index (χ1v) is 11.4. The molecule has 2 atom stereocenters. The van der Waals surface area contributed by atoms with Crippen LogP contribution in [0.3, 0.4) is 0 Å². The minimum absolute atomic E-state index is 0.0455. The van der Waals surface area contributed by atoms with E-state index in [1.807, 2.05) is 20.8 Å². The van der Waals surface area contributed by atoms with Crippen LogP contribution in [0.15, 0.2) is 24.3 Å². The minimum atomic E-state index is -1.15. The maximum atomic E-state index is 13.5. The second-order valence-electron chi connectivity index (χ2n) is 8.54. The predicted octanol–water partition coefficient (Wildman–Crippen LogP) is 3.18. The van der Waals surface area contributed by atoms with Crippen molar-refractivity contribution < 1.29 is 29.3 Å². The molecule has 0 aliphatic rings. The summed E-state index contributed by atoms with van der Waals surface area (Å²) in [6.07, 6.45) is -0.234. The Bertz CT molecular complexity index is 927. The van der Waals surface area contributed by atoms with Gasteiger partial charge in [-0.15, -0.1) is 0 Å². The molecule has 0 aliphatic carbocycles. The summed E-state index contributed by atoms with van der Waals surface area (Å²) < 4.78 is 15.1. The van der Waals surface area contributed by atoms with Crippen LogP contribution >= 0.6 is 0 Å². The SMILES string of the molecule is CCCCNC(=O)c1nn(-c2ccc(F)cc2)c(CC[C@@H](O)C[C@@H](O)CC(=O)O)c1C(C)C. The number of aromatic nitrogens is 2. The van der Waals surface area contributed by atoms with Crippen LogP contribution in [0.4, 0.5) is 4.39 Å². The molecule has 1 heterocycles. The third-order valence-electron chi connectivity index (χ3n) is 5.37. The van der Waals surface area contributed by atoms with E-state index in [-0.39, 0.29) is 24.7 Å². The topological polar surface area (TPSA) is 125 Å². The summed E-state index contributed by atoms with van der Waals surface area (Å²) in [6.45, 7) is 6.47. The van der Waals surface area contributed by atoms with Crippen molar-refractivity contribution in [2.45, 2.75) is 77.4 Å². The van der Waals surface area contributed by atoms with Crippen LogP contribution in [-0.4, -0.2) is 55.7 Å². The number of nitrogens with one attached hydrogen (secondary N) is 1. The molecule has 182 valence electrons. The normalized spacial score (nSPS) is 13.2. The van der Waals surface area contributed by atoms with Crippen LogP contribution in [0, 0.1) is 5.82 Å². The lowest BCUT2D eigenvalue weighted by atomic mass is 9.95. The van der Waals surface area contributed by atoms with E-state index in [0.29, 0.717) is 30.0 Å². The first-order chi connectivity index (χ1) is 15.6. The van der Waals surface area contributed by atoms with E-state index in [1.165, 1.54) is 12.1 Å². The number of unbranched alkanes of at least 4 members (excludes halogenated alkanes) is 1. The molecule has 0 fully saturated rings. The van der Waals surface area contributed by atoms with Gasteiger partial charge in [0.15, 0.2) is 5.69 Å². The van der Waals surface area contributed by atoms with E-state index in [9.17, 15) is 24.2 Å². The number of carboxylic acid groups (broad SMARTS) is 1. The average Bonchev–Trinajstić information content (AvgIpc) is 3.12. The molecule has 0 bridgehead atoms. The number of benzene rings is 1. The van der Waals surface area contributed by atoms with Gasteiger partial charge in [-0.2, -0.15) is 5.10 Å². The van der Waals surface area contributed by atoms with Gasteiger partial charge >= 0.3 is 5.97 Å². The average molecular weight is 464 g/mol. The Balaban J connectivity index is 2.37. The van der Waals surface area contributed by atoms with Gasteiger partial charge in [0.2, 0.25) is 0 Å². The lowest BCUT2D eigenvalue weighted by molar-refractivity contribution is -0.139. The second kappa shape index (κ2) is 12.5. The maximum Gasteiger partial charge on any atom is 0.305 e. The van der Waals surface area contributed by atoms with Gasteiger partial charge < -0.3 is 20.6 Å². The molecule has 0 spiro atoms. The third kappa shape index (κ3) is 7.64. The molecule has 0 saturated carbocycles. The van der Waals surface area contributed by atoms with Crippen LogP contribution in [-0.2, 0) is 11.2 Å². The summed E-state index contributed by atoms with van der Waals surface area (Å²) in [4.78, 5) is 23.7. The van der Waals surface area contributed by atoms with Crippen molar-refractivity contribution in [1.29, 1.82) is 0 Å². The van der Waals surface area contributed by atoms with E-state index in [0.717, 1.165) is 18.4 Å². The van der Waals surface area contributed by atoms with Crippen molar-refractivity contribution >= 4 is 11.9 Å². The molecule has 1 amide bonds. The zero-order valence-electron chi connectivity index (χ0n) is 19.4. The molecule has 1 aromatic heterocycles. The van der Waals surface area contributed by atoms with E-state index < -0.39 is 30.4 Å². The number of carboxylic acids is 1. The first-order valence-electron chi connectivity index (χ1n) is 11.4. The molecule has 9 heteroatoms. The number of rotatable bonds is 13. The zero-order valence-corrected chi connectivity index (χ0v) is 19.4. The number of hydrogen-bond donors (Lipinski definition) is 4. The van der Waals surface area contributed by atoms with Gasteiger partial charge in [0.05, 0.1) is 24.3 Å². The number of aliphatic hydroxyl groups is 2. The fourth-order valence-electron chi connectivity index (χ4n) is 3.76. The highest BCUT2D eigenvalue weighted by Crippen LogP contribution is 2.28. The molecule has 0 saturated heterocycles. The fourth-order valence-corrected chi connectivity index (χ4v) is 3.76. The first kappa shape index (κ1) is 26.5. The molecule has 0 unspecified atom stereocenters. The van der Waals surface area contributed by atoms with Gasteiger partial charge in [0.1, 0.15) is 5.82 Å². The number of aliphatic hydroxyl groups excluding tert-OH is 2. The second-order valence-corrected chi connectivity index (χ2v) is 8.54. The van der Waals surface area contributed by atoms with Gasteiger partial charge in [0, 0.05) is 17.8 Å². The molecular formula is C24H34FN3O5. The fraction of sp³-hybridized carbons (Fsp3) is 0.542. The van der Waals surface area contributed by atoms with E-state index >= 15 is 0 Å². The van der Waals surface area contributed by atoms with E-state index in [2.05, 4.69) is 10.4 Å². The van der Waals surface area contributed by atoms with Crippen molar-refractivity contribution in [2.75, 3.05) is 6.54 Å². The van der Waals surface area contributed by atoms with Crippen LogP contribution < -0.4 is 5.32 Å². The summed E-state index contributed by atoms with van der Waals surface area (Å²) in [6, 6.07) is 5.77. The van der Waals surface area contributed by atoms with Crippen molar-refractivity contribution in [1.82, 2.24) is 15.1 Å². The van der Waals surface area contributed by atoms with Gasteiger partial charge in [-0.1, -0.05) is 27.2 Å². The molecule has 33 heavy (non-hydrogen) atoms. The predicted molar refractivity (Wildman–Crippen MR) is 122 cm³/mol. The Hall–Kier alpha value is -2.78. The monoisotopic (exact) mass is 463 g/mol. The zero-order chi connectivity index (χ0) is 24.5. The molecular weight excluding hydrogens is 429 g/mol. The van der Waals surface area contributed by atoms with Crippen molar-refractivity contribution in [2.24, 2.45) is 0 Å². The largest absolute Gasteiger partial charge is 0.481 e. The van der Waals surface area contributed by atoms with Gasteiger partial charge in [-0.05, 0) is 55.9 Å². The third-order valence-corrected chi connectivity index (χ3v) is 5.37. The summed E-state index contributed by atoms with van der Waals surface area (Å²) >= 11 is 0. The molecule has 0 aliphatic heterocycles. The van der Waals surface area contributed by atoms with Crippen LogP contribution in [0.5, 0.6) is 0 Å². The van der Waals surface area contributed by atoms with E-state index in [1.54, 1.807) is 16.8 Å². The van der Waals surface area contributed by atoms with Crippen LogP contribution in [0.25, 0.3) is 5.69 Å². The van der Waals surface area contributed by atoms with Gasteiger partial charge in [-0.25, -0.2) is 9.07 Å². The highest BCUT2D eigenvalue weighted by atomic mass is 19.1. The Kier molecular flexibility index (Phi) is 9.99. The number of amides is 1.